The molecule has 2 heterocycles. The number of nitrogens with zero attached hydrogens (tertiary/aromatic N) is 4. The molecule has 3 N–H and O–H groups in total. The number of rotatable bonds is 5. The van der Waals surface area contributed by atoms with Gasteiger partial charge < -0.3 is 20.6 Å². The molecule has 6 nitrogen and oxygen atoms in total. The Kier molecular flexibility index (Phi) is 8.50. The van der Waals surface area contributed by atoms with E-state index in [1.165, 1.54) is 23.3 Å². The van der Waals surface area contributed by atoms with Crippen LogP contribution in [0.4, 0.5) is 10.1 Å². The van der Waals surface area contributed by atoms with Crippen molar-refractivity contribution in [3.63, 3.8) is 0 Å². The first-order valence-electron chi connectivity index (χ1n) is 10.6. The lowest BCUT2D eigenvalue weighted by Crippen LogP contribution is -2.51. The zero-order chi connectivity index (χ0) is 20.9. The van der Waals surface area contributed by atoms with Gasteiger partial charge in [0.2, 0.25) is 0 Å². The van der Waals surface area contributed by atoms with Crippen LogP contribution in [0.1, 0.15) is 17.5 Å². The van der Waals surface area contributed by atoms with E-state index in [9.17, 15) is 9.50 Å². The largest absolute Gasteiger partial charge is 0.392 e. The fourth-order valence-electron chi connectivity index (χ4n) is 4.17. The number of guanidine groups is 1. The van der Waals surface area contributed by atoms with Gasteiger partial charge in [0.15, 0.2) is 5.96 Å². The van der Waals surface area contributed by atoms with Gasteiger partial charge in [-0.25, -0.2) is 9.38 Å². The Hall–Kier alpha value is -1.91. The number of likely N-dealkylation sites (tertiary alicyclic amines) is 1. The van der Waals surface area contributed by atoms with Crippen LogP contribution < -0.4 is 10.6 Å². The molecular weight excluding hydrogens is 508 g/mol. The Morgan fingerprint density at radius 3 is 2.32 bits per heavy atom. The SMILES string of the molecule is I.NC(=NCc1ccccc1CN1CCC(O)C1)N1CCN(c2ccc(F)cc2)CC1. The highest BCUT2D eigenvalue weighted by Crippen LogP contribution is 2.19. The van der Waals surface area contributed by atoms with Crippen molar-refractivity contribution in [1.29, 1.82) is 0 Å². The van der Waals surface area contributed by atoms with Gasteiger partial charge in [-0.1, -0.05) is 24.3 Å². The minimum Gasteiger partial charge on any atom is -0.392 e. The maximum Gasteiger partial charge on any atom is 0.191 e. The third-order valence-electron chi connectivity index (χ3n) is 5.97. The molecule has 2 aliphatic heterocycles. The summed E-state index contributed by atoms with van der Waals surface area (Å²) in [7, 11) is 0. The minimum absolute atomic E-state index is 0. The van der Waals surface area contributed by atoms with E-state index in [0.717, 1.165) is 57.9 Å². The van der Waals surface area contributed by atoms with Crippen LogP contribution in [0.3, 0.4) is 0 Å². The lowest BCUT2D eigenvalue weighted by Gasteiger charge is -2.36. The lowest BCUT2D eigenvalue weighted by molar-refractivity contribution is 0.174. The second-order valence-electron chi connectivity index (χ2n) is 8.07. The molecule has 2 aromatic rings. The average molecular weight is 539 g/mol. The molecule has 0 amide bonds. The van der Waals surface area contributed by atoms with E-state index in [0.29, 0.717) is 12.5 Å². The van der Waals surface area contributed by atoms with Crippen molar-refractivity contribution in [2.75, 3.05) is 44.2 Å². The number of nitrogens with two attached hydrogens (primary N) is 1. The summed E-state index contributed by atoms with van der Waals surface area (Å²) in [6, 6.07) is 14.9. The van der Waals surface area contributed by atoms with Crippen LogP contribution >= 0.6 is 24.0 Å². The molecule has 2 saturated heterocycles. The van der Waals surface area contributed by atoms with Crippen LogP contribution in [-0.4, -0.2) is 66.2 Å². The molecule has 0 aliphatic carbocycles. The Balaban J connectivity index is 0.00000272. The van der Waals surface area contributed by atoms with E-state index in [-0.39, 0.29) is 35.9 Å². The first kappa shape index (κ1) is 23.7. The van der Waals surface area contributed by atoms with E-state index in [4.69, 9.17) is 5.73 Å². The van der Waals surface area contributed by atoms with Gasteiger partial charge in [-0.2, -0.15) is 0 Å². The molecule has 31 heavy (non-hydrogen) atoms. The number of piperazine rings is 1. The van der Waals surface area contributed by atoms with Gasteiger partial charge in [-0.3, -0.25) is 4.90 Å². The maximum atomic E-state index is 13.1. The van der Waals surface area contributed by atoms with Crippen LogP contribution in [0.2, 0.25) is 0 Å². The monoisotopic (exact) mass is 539 g/mol. The molecule has 0 bridgehead atoms. The second kappa shape index (κ2) is 11.1. The molecule has 1 atom stereocenters. The highest BCUT2D eigenvalue weighted by Gasteiger charge is 2.21. The molecule has 2 fully saturated rings. The molecule has 0 saturated carbocycles. The predicted octanol–water partition coefficient (Wildman–Crippen LogP) is 2.65. The Morgan fingerprint density at radius 1 is 1.00 bits per heavy atom. The lowest BCUT2D eigenvalue weighted by atomic mass is 10.1. The summed E-state index contributed by atoms with van der Waals surface area (Å²) < 4.78 is 13.1. The molecule has 2 aromatic carbocycles. The van der Waals surface area contributed by atoms with Gasteiger partial charge in [0.1, 0.15) is 5.82 Å². The van der Waals surface area contributed by atoms with E-state index in [1.54, 1.807) is 0 Å². The highest BCUT2D eigenvalue weighted by atomic mass is 127. The molecule has 0 spiro atoms. The van der Waals surface area contributed by atoms with Gasteiger partial charge in [-0.05, 0) is 41.8 Å². The second-order valence-corrected chi connectivity index (χ2v) is 8.07. The van der Waals surface area contributed by atoms with Crippen molar-refractivity contribution < 1.29 is 9.50 Å². The van der Waals surface area contributed by atoms with Gasteiger partial charge in [0.05, 0.1) is 12.6 Å². The summed E-state index contributed by atoms with van der Waals surface area (Å²) in [5.41, 5.74) is 9.74. The Labute approximate surface area is 200 Å². The van der Waals surface area contributed by atoms with Crippen molar-refractivity contribution in [3.05, 3.63) is 65.5 Å². The molecular formula is C23H31FIN5O. The number of β-amino-alcohol motifs (C(OH)–C–C–N with tert-alkyl or cyclic N) is 1. The van der Waals surface area contributed by atoms with Crippen molar-refractivity contribution >= 4 is 35.6 Å². The van der Waals surface area contributed by atoms with Gasteiger partial charge in [-0.15, -0.1) is 24.0 Å². The fraction of sp³-hybridized carbons (Fsp3) is 0.435. The zero-order valence-electron chi connectivity index (χ0n) is 17.7. The standard InChI is InChI=1S/C23H30FN5O.HI/c24-20-5-7-21(8-6-20)28-11-13-29(14-12-28)23(25)26-15-18-3-1-2-4-19(18)16-27-10-9-22(30)17-27;/h1-8,22,30H,9-17H2,(H2,25,26);1H. The number of aliphatic hydroxyl groups is 1. The molecule has 1 unspecified atom stereocenters. The number of aliphatic hydroxyl groups excluding tert-OH is 1. The topological polar surface area (TPSA) is 68.3 Å². The van der Waals surface area contributed by atoms with Crippen molar-refractivity contribution in [1.82, 2.24) is 9.80 Å². The smallest absolute Gasteiger partial charge is 0.191 e. The van der Waals surface area contributed by atoms with Crippen LogP contribution in [0, 0.1) is 5.82 Å². The quantitative estimate of drug-likeness (QED) is 0.348. The molecule has 0 aromatic heterocycles. The number of hydrogen-bond donors (Lipinski definition) is 2. The first-order chi connectivity index (χ1) is 14.6. The van der Waals surface area contributed by atoms with Gasteiger partial charge in [0, 0.05) is 51.5 Å². The summed E-state index contributed by atoms with van der Waals surface area (Å²) in [6.45, 7) is 6.29. The minimum atomic E-state index is -0.213. The van der Waals surface area contributed by atoms with Crippen LogP contribution in [0.15, 0.2) is 53.5 Å². The summed E-state index contributed by atoms with van der Waals surface area (Å²) in [6.07, 6.45) is 0.636. The number of hydrogen-bond acceptors (Lipinski definition) is 4. The highest BCUT2D eigenvalue weighted by molar-refractivity contribution is 14.0. The van der Waals surface area contributed by atoms with Crippen LogP contribution in [-0.2, 0) is 13.1 Å². The Bertz CT molecular complexity index is 871. The number of anilines is 1. The van der Waals surface area contributed by atoms with E-state index >= 15 is 0 Å². The normalized spacial score (nSPS) is 20.1. The van der Waals surface area contributed by atoms with E-state index in [2.05, 4.69) is 31.8 Å². The third kappa shape index (κ3) is 6.30. The number of aliphatic imine (C=N–C) groups is 1. The summed E-state index contributed by atoms with van der Waals surface area (Å²) in [5, 5.41) is 9.77. The average Bonchev–Trinajstić information content (AvgIpc) is 3.18. The number of halogens is 2. The summed E-state index contributed by atoms with van der Waals surface area (Å²) in [4.78, 5) is 11.3. The fourth-order valence-corrected chi connectivity index (χ4v) is 4.17. The Morgan fingerprint density at radius 2 is 1.68 bits per heavy atom. The first-order valence-corrected chi connectivity index (χ1v) is 10.6. The third-order valence-corrected chi connectivity index (χ3v) is 5.97. The molecule has 168 valence electrons. The summed E-state index contributed by atoms with van der Waals surface area (Å²) >= 11 is 0. The van der Waals surface area contributed by atoms with Crippen LogP contribution in [0.5, 0.6) is 0 Å². The molecule has 4 rings (SSSR count). The van der Waals surface area contributed by atoms with Crippen LogP contribution in [0.25, 0.3) is 0 Å². The zero-order valence-corrected chi connectivity index (χ0v) is 20.0. The molecule has 0 radical (unpaired) electrons. The van der Waals surface area contributed by atoms with Gasteiger partial charge in [0.25, 0.3) is 0 Å². The van der Waals surface area contributed by atoms with E-state index in [1.807, 2.05) is 24.3 Å². The van der Waals surface area contributed by atoms with E-state index < -0.39 is 0 Å². The maximum absolute atomic E-state index is 13.1. The summed E-state index contributed by atoms with van der Waals surface area (Å²) in [5.74, 6) is 0.357. The number of benzene rings is 2. The predicted molar refractivity (Wildman–Crippen MR) is 133 cm³/mol. The van der Waals surface area contributed by atoms with Crippen molar-refractivity contribution in [2.45, 2.75) is 25.6 Å². The molecule has 2 aliphatic rings. The van der Waals surface area contributed by atoms with Gasteiger partial charge >= 0.3 is 0 Å². The van der Waals surface area contributed by atoms with Crippen molar-refractivity contribution in [3.8, 4) is 0 Å². The van der Waals surface area contributed by atoms with Crippen molar-refractivity contribution in [2.24, 2.45) is 10.7 Å². The molecule has 8 heteroatoms.